The summed E-state index contributed by atoms with van der Waals surface area (Å²) in [6, 6.07) is 3.12. The van der Waals surface area contributed by atoms with Crippen LogP contribution in [0.2, 0.25) is 0 Å². The summed E-state index contributed by atoms with van der Waals surface area (Å²) in [5, 5.41) is 22.1. The van der Waals surface area contributed by atoms with Gasteiger partial charge in [-0.1, -0.05) is 47.1 Å². The first-order chi connectivity index (χ1) is 17.9. The molecule has 3 N–H and O–H groups in total. The van der Waals surface area contributed by atoms with Crippen LogP contribution in [-0.4, -0.2) is 57.6 Å². The molecule has 6 atom stereocenters. The Morgan fingerprint density at radius 1 is 1.16 bits per heavy atom. The Kier molecular flexibility index (Phi) is 8.01. The number of carbonyl (C=O) groups is 3. The van der Waals surface area contributed by atoms with Crippen molar-refractivity contribution in [3.8, 4) is 11.5 Å². The van der Waals surface area contributed by atoms with Crippen molar-refractivity contribution in [1.29, 1.82) is 0 Å². The second-order valence-electron chi connectivity index (χ2n) is 12.5. The maximum absolute atomic E-state index is 13.7. The van der Waals surface area contributed by atoms with Gasteiger partial charge in [-0.15, -0.1) is 0 Å². The van der Waals surface area contributed by atoms with Gasteiger partial charge < -0.3 is 25.2 Å². The van der Waals surface area contributed by atoms with E-state index in [9.17, 15) is 24.6 Å². The van der Waals surface area contributed by atoms with E-state index in [1.165, 1.54) is 18.6 Å². The minimum absolute atomic E-state index is 0.0394. The van der Waals surface area contributed by atoms with E-state index in [0.717, 1.165) is 19.3 Å². The normalized spacial score (nSPS) is 29.2. The van der Waals surface area contributed by atoms with Crippen LogP contribution in [0.3, 0.4) is 0 Å². The SMILES string of the molecule is CCC(C)[C@H](NC(=O)CCc1ccc(O)c(O)c1)C(=O)N1CCC[C@H]1C(=O)OC1CC2CCC1(C)C2(C)C. The Balaban J connectivity index is 1.39. The number of nitrogens with one attached hydrogen (secondary N) is 1. The average Bonchev–Trinajstić information content (AvgIpc) is 3.51. The fourth-order valence-corrected chi connectivity index (χ4v) is 6.89. The van der Waals surface area contributed by atoms with Gasteiger partial charge in [-0.2, -0.15) is 0 Å². The molecule has 1 aliphatic heterocycles. The van der Waals surface area contributed by atoms with Crippen molar-refractivity contribution in [3.05, 3.63) is 23.8 Å². The summed E-state index contributed by atoms with van der Waals surface area (Å²) in [6.07, 6.45) is 5.50. The predicted molar refractivity (Wildman–Crippen MR) is 143 cm³/mol. The number of ether oxygens (including phenoxy) is 1. The van der Waals surface area contributed by atoms with E-state index in [4.69, 9.17) is 4.74 Å². The molecule has 2 amide bonds. The smallest absolute Gasteiger partial charge is 0.329 e. The highest BCUT2D eigenvalue weighted by Gasteiger charge is 2.63. The van der Waals surface area contributed by atoms with Crippen molar-refractivity contribution in [1.82, 2.24) is 10.2 Å². The number of rotatable bonds is 9. The molecule has 3 fully saturated rings. The predicted octanol–water partition coefficient (Wildman–Crippen LogP) is 4.31. The number of benzene rings is 1. The van der Waals surface area contributed by atoms with Crippen molar-refractivity contribution in [2.45, 2.75) is 104 Å². The lowest BCUT2D eigenvalue weighted by molar-refractivity contribution is -0.165. The van der Waals surface area contributed by atoms with Crippen LogP contribution in [0, 0.1) is 22.7 Å². The van der Waals surface area contributed by atoms with Crippen LogP contribution in [0.15, 0.2) is 18.2 Å². The zero-order valence-corrected chi connectivity index (χ0v) is 23.5. The van der Waals surface area contributed by atoms with Gasteiger partial charge in [-0.05, 0) is 73.5 Å². The second kappa shape index (κ2) is 10.8. The summed E-state index contributed by atoms with van der Waals surface area (Å²) in [6.45, 7) is 11.2. The zero-order chi connectivity index (χ0) is 27.8. The number of fused-ring (bicyclic) bond motifs is 2. The van der Waals surface area contributed by atoms with E-state index in [-0.39, 0.29) is 58.6 Å². The first-order valence-corrected chi connectivity index (χ1v) is 14.2. The Hall–Kier alpha value is -2.77. The average molecular weight is 529 g/mol. The summed E-state index contributed by atoms with van der Waals surface area (Å²) >= 11 is 0. The third kappa shape index (κ3) is 5.10. The van der Waals surface area contributed by atoms with E-state index in [2.05, 4.69) is 26.1 Å². The van der Waals surface area contributed by atoms with Gasteiger partial charge in [0.15, 0.2) is 11.5 Å². The molecule has 210 valence electrons. The number of hydrogen-bond acceptors (Lipinski definition) is 6. The maximum Gasteiger partial charge on any atom is 0.329 e. The van der Waals surface area contributed by atoms with Gasteiger partial charge in [0.25, 0.3) is 0 Å². The third-order valence-electron chi connectivity index (χ3n) is 10.3. The third-order valence-corrected chi connectivity index (χ3v) is 10.3. The lowest BCUT2D eigenvalue weighted by Gasteiger charge is -2.39. The van der Waals surface area contributed by atoms with E-state index >= 15 is 0 Å². The number of carbonyl (C=O) groups excluding carboxylic acids is 3. The maximum atomic E-state index is 13.7. The minimum Gasteiger partial charge on any atom is -0.504 e. The molecular weight excluding hydrogens is 484 g/mol. The molecule has 2 saturated carbocycles. The van der Waals surface area contributed by atoms with E-state index in [0.29, 0.717) is 37.3 Å². The topological polar surface area (TPSA) is 116 Å². The van der Waals surface area contributed by atoms with E-state index < -0.39 is 12.1 Å². The highest BCUT2D eigenvalue weighted by atomic mass is 16.5. The van der Waals surface area contributed by atoms with Crippen LogP contribution in [0.4, 0.5) is 0 Å². The summed E-state index contributed by atoms with van der Waals surface area (Å²) in [5.41, 5.74) is 0.803. The van der Waals surface area contributed by atoms with Crippen LogP contribution in [0.1, 0.15) is 85.1 Å². The summed E-state index contributed by atoms with van der Waals surface area (Å²) in [7, 11) is 0. The van der Waals surface area contributed by atoms with Crippen LogP contribution >= 0.6 is 0 Å². The molecule has 1 saturated heterocycles. The van der Waals surface area contributed by atoms with Gasteiger partial charge in [0.2, 0.25) is 11.8 Å². The van der Waals surface area contributed by atoms with Crippen LogP contribution < -0.4 is 5.32 Å². The molecule has 3 aliphatic rings. The molecule has 0 aromatic heterocycles. The number of amides is 2. The zero-order valence-electron chi connectivity index (χ0n) is 23.5. The molecule has 0 radical (unpaired) electrons. The van der Waals surface area contributed by atoms with Crippen molar-refractivity contribution in [2.24, 2.45) is 22.7 Å². The molecule has 8 nitrogen and oxygen atoms in total. The quantitative estimate of drug-likeness (QED) is 0.325. The molecular formula is C30H44N2O6. The molecule has 8 heteroatoms. The molecule has 4 rings (SSSR count). The first-order valence-electron chi connectivity index (χ1n) is 14.2. The number of aryl methyl sites for hydroxylation is 1. The van der Waals surface area contributed by atoms with E-state index in [1.54, 1.807) is 11.0 Å². The Morgan fingerprint density at radius 3 is 2.50 bits per heavy atom. The van der Waals surface area contributed by atoms with Crippen LogP contribution in [-0.2, 0) is 25.5 Å². The number of nitrogens with zero attached hydrogens (tertiary/aromatic N) is 1. The molecule has 2 bridgehead atoms. The van der Waals surface area contributed by atoms with Crippen molar-refractivity contribution in [3.63, 3.8) is 0 Å². The summed E-state index contributed by atoms with van der Waals surface area (Å²) in [5.74, 6) is -0.802. The minimum atomic E-state index is -0.729. The van der Waals surface area contributed by atoms with Crippen molar-refractivity contribution < 1.29 is 29.3 Å². The van der Waals surface area contributed by atoms with Crippen LogP contribution in [0.25, 0.3) is 0 Å². The van der Waals surface area contributed by atoms with Crippen molar-refractivity contribution >= 4 is 17.8 Å². The largest absolute Gasteiger partial charge is 0.504 e. The second-order valence-corrected chi connectivity index (χ2v) is 12.5. The summed E-state index contributed by atoms with van der Waals surface area (Å²) in [4.78, 5) is 41.6. The summed E-state index contributed by atoms with van der Waals surface area (Å²) < 4.78 is 6.14. The molecule has 4 unspecified atom stereocenters. The standard InChI is InChI=1S/C30H44N2O6/c1-6-18(2)26(31-25(35)12-10-19-9-11-22(33)23(34)16-19)27(36)32-15-7-8-21(32)28(37)38-24-17-20-13-14-30(24,5)29(20,3)4/h9,11,16,18,20-21,24,26,33-34H,6-8,10,12-15,17H2,1-5H3,(H,31,35)/t18?,20?,21-,24?,26-,30?/m0/s1. The van der Waals surface area contributed by atoms with Gasteiger partial charge >= 0.3 is 5.97 Å². The van der Waals surface area contributed by atoms with Crippen molar-refractivity contribution in [2.75, 3.05) is 6.54 Å². The highest BCUT2D eigenvalue weighted by Crippen LogP contribution is 2.66. The Labute approximate surface area is 226 Å². The molecule has 38 heavy (non-hydrogen) atoms. The highest BCUT2D eigenvalue weighted by molar-refractivity contribution is 5.91. The van der Waals surface area contributed by atoms with E-state index in [1.807, 2.05) is 13.8 Å². The fraction of sp³-hybridized carbons (Fsp3) is 0.700. The van der Waals surface area contributed by atoms with Gasteiger partial charge in [-0.3, -0.25) is 9.59 Å². The monoisotopic (exact) mass is 528 g/mol. The van der Waals surface area contributed by atoms with Gasteiger partial charge in [-0.25, -0.2) is 4.79 Å². The number of phenolic OH excluding ortho intramolecular Hbond substituents is 2. The first kappa shape index (κ1) is 28.2. The number of aromatic hydroxyl groups is 2. The lowest BCUT2D eigenvalue weighted by atomic mass is 9.70. The number of phenols is 2. The molecule has 1 aromatic rings. The Bertz CT molecular complexity index is 1070. The van der Waals surface area contributed by atoms with Gasteiger partial charge in [0, 0.05) is 18.4 Å². The fourth-order valence-electron chi connectivity index (χ4n) is 6.89. The Morgan fingerprint density at radius 2 is 1.89 bits per heavy atom. The van der Waals surface area contributed by atoms with Gasteiger partial charge in [0.05, 0.1) is 0 Å². The molecule has 1 aromatic carbocycles. The molecule has 2 aliphatic carbocycles. The molecule has 1 heterocycles. The number of likely N-dealkylation sites (tertiary alicyclic amines) is 1. The van der Waals surface area contributed by atoms with Crippen LogP contribution in [0.5, 0.6) is 11.5 Å². The number of esters is 1. The van der Waals surface area contributed by atoms with Gasteiger partial charge in [0.1, 0.15) is 18.2 Å². The molecule has 0 spiro atoms. The number of hydrogen-bond donors (Lipinski definition) is 3. The lowest BCUT2D eigenvalue weighted by Crippen LogP contribution is -2.54.